The summed E-state index contributed by atoms with van der Waals surface area (Å²) in [6, 6.07) is 13.2. The summed E-state index contributed by atoms with van der Waals surface area (Å²) in [5.41, 5.74) is 2.59. The van der Waals surface area contributed by atoms with Gasteiger partial charge in [0.15, 0.2) is 16.6 Å². The van der Waals surface area contributed by atoms with Crippen molar-refractivity contribution in [3.8, 4) is 17.6 Å². The molecule has 1 aromatic heterocycles. The number of thiazole rings is 1. The maximum absolute atomic E-state index is 12.6. The summed E-state index contributed by atoms with van der Waals surface area (Å²) in [6.07, 6.45) is 6.02. The predicted octanol–water partition coefficient (Wildman–Crippen LogP) is 6.12. The Morgan fingerprint density at radius 1 is 1.19 bits per heavy atom. The number of carbonyl (C=O) groups is 1. The molecule has 166 valence electrons. The number of unbranched alkanes of at least 4 members (excludes halogenated alkanes) is 3. The highest BCUT2D eigenvalue weighted by molar-refractivity contribution is 7.22. The Hall–Kier alpha value is -3.37. The van der Waals surface area contributed by atoms with Crippen LogP contribution in [0.15, 0.2) is 42.0 Å². The molecule has 32 heavy (non-hydrogen) atoms. The zero-order valence-electron chi connectivity index (χ0n) is 18.6. The van der Waals surface area contributed by atoms with Crippen molar-refractivity contribution in [1.29, 1.82) is 5.26 Å². The average Bonchev–Trinajstić information content (AvgIpc) is 3.18. The molecule has 2 aromatic carbocycles. The van der Waals surface area contributed by atoms with Gasteiger partial charge in [-0.25, -0.2) is 4.98 Å². The van der Waals surface area contributed by atoms with Gasteiger partial charge in [0.1, 0.15) is 11.6 Å². The number of nitrogens with zero attached hydrogens (tertiary/aromatic N) is 2. The number of methoxy groups -OCH3 is 1. The number of nitriles is 1. The van der Waals surface area contributed by atoms with Crippen molar-refractivity contribution in [2.75, 3.05) is 19.0 Å². The van der Waals surface area contributed by atoms with Crippen LogP contribution in [0.5, 0.6) is 11.5 Å². The number of hydrogen-bond acceptors (Lipinski definition) is 6. The van der Waals surface area contributed by atoms with Gasteiger partial charge in [0.2, 0.25) is 0 Å². The van der Waals surface area contributed by atoms with Crippen LogP contribution >= 0.6 is 11.3 Å². The maximum Gasteiger partial charge on any atom is 0.268 e. The normalized spacial score (nSPS) is 11.2. The first kappa shape index (κ1) is 23.3. The summed E-state index contributed by atoms with van der Waals surface area (Å²) in [4.78, 5) is 17.1. The topological polar surface area (TPSA) is 84.2 Å². The largest absolute Gasteiger partial charge is 0.493 e. The van der Waals surface area contributed by atoms with Crippen molar-refractivity contribution in [2.45, 2.75) is 39.5 Å². The molecule has 1 heterocycles. The van der Waals surface area contributed by atoms with E-state index in [1.54, 1.807) is 25.3 Å². The van der Waals surface area contributed by atoms with Crippen molar-refractivity contribution >= 4 is 38.7 Å². The number of hydrogen-bond donors (Lipinski definition) is 1. The minimum Gasteiger partial charge on any atom is -0.493 e. The van der Waals surface area contributed by atoms with Gasteiger partial charge < -0.3 is 9.47 Å². The lowest BCUT2D eigenvalue weighted by molar-refractivity contribution is -0.112. The second-order valence-electron chi connectivity index (χ2n) is 7.43. The van der Waals surface area contributed by atoms with E-state index < -0.39 is 5.91 Å². The third-order valence-electron chi connectivity index (χ3n) is 4.88. The number of carbonyl (C=O) groups excluding carboxylic acids is 1. The summed E-state index contributed by atoms with van der Waals surface area (Å²) in [6.45, 7) is 4.80. The van der Waals surface area contributed by atoms with Crippen LogP contribution in [0.3, 0.4) is 0 Å². The standard InChI is InChI=1S/C25H27N3O3S/c1-4-5-6-7-12-31-21-11-9-18(15-22(21)30-3)14-19(16-26)24(29)28-25-27-20-10-8-17(2)13-23(20)32-25/h8-11,13-15H,4-7,12H2,1-3H3,(H,27,28,29)/b19-14+. The van der Waals surface area contributed by atoms with Crippen molar-refractivity contribution in [2.24, 2.45) is 0 Å². The maximum atomic E-state index is 12.6. The van der Waals surface area contributed by atoms with E-state index >= 15 is 0 Å². The number of amides is 1. The molecule has 6 nitrogen and oxygen atoms in total. The van der Waals surface area contributed by atoms with Crippen LogP contribution in [-0.4, -0.2) is 24.6 Å². The Morgan fingerprint density at radius 3 is 2.78 bits per heavy atom. The number of anilines is 1. The van der Waals surface area contributed by atoms with Crippen LogP contribution in [0.1, 0.15) is 43.7 Å². The van der Waals surface area contributed by atoms with Gasteiger partial charge in [-0.1, -0.05) is 49.7 Å². The number of nitrogens with one attached hydrogen (secondary N) is 1. The van der Waals surface area contributed by atoms with Gasteiger partial charge in [-0.05, 0) is 54.8 Å². The minimum atomic E-state index is -0.501. The molecule has 3 aromatic rings. The Labute approximate surface area is 192 Å². The second-order valence-corrected chi connectivity index (χ2v) is 8.46. The number of aryl methyl sites for hydroxylation is 1. The molecule has 3 rings (SSSR count). The molecule has 0 saturated carbocycles. The van der Waals surface area contributed by atoms with Gasteiger partial charge in [-0.2, -0.15) is 5.26 Å². The first-order chi connectivity index (χ1) is 15.5. The van der Waals surface area contributed by atoms with Gasteiger partial charge in [0.25, 0.3) is 5.91 Å². The summed E-state index contributed by atoms with van der Waals surface area (Å²) in [7, 11) is 1.57. The molecule has 1 N–H and O–H groups in total. The number of benzene rings is 2. The molecule has 0 aliphatic heterocycles. The molecule has 0 spiro atoms. The van der Waals surface area contributed by atoms with Crippen LogP contribution in [-0.2, 0) is 4.79 Å². The molecule has 0 radical (unpaired) electrons. The molecule has 0 aliphatic rings. The molecular weight excluding hydrogens is 422 g/mol. The van der Waals surface area contributed by atoms with Crippen LogP contribution < -0.4 is 14.8 Å². The molecule has 7 heteroatoms. The average molecular weight is 450 g/mol. The van der Waals surface area contributed by atoms with Crippen LogP contribution in [0, 0.1) is 18.3 Å². The number of ether oxygens (including phenoxy) is 2. The number of rotatable bonds is 10. The molecule has 0 fully saturated rings. The summed E-state index contributed by atoms with van der Waals surface area (Å²) in [5.74, 6) is 0.709. The quantitative estimate of drug-likeness (QED) is 0.229. The lowest BCUT2D eigenvalue weighted by Gasteiger charge is -2.11. The van der Waals surface area contributed by atoms with Crippen molar-refractivity contribution in [3.63, 3.8) is 0 Å². The Kier molecular flexibility index (Phi) is 8.23. The lowest BCUT2D eigenvalue weighted by Crippen LogP contribution is -2.13. The van der Waals surface area contributed by atoms with E-state index in [1.165, 1.54) is 30.3 Å². The highest BCUT2D eigenvalue weighted by Gasteiger charge is 2.14. The van der Waals surface area contributed by atoms with E-state index in [-0.39, 0.29) is 5.57 Å². The Balaban J connectivity index is 1.71. The predicted molar refractivity (Wildman–Crippen MR) is 129 cm³/mol. The van der Waals surface area contributed by atoms with E-state index in [9.17, 15) is 10.1 Å². The third-order valence-corrected chi connectivity index (χ3v) is 5.82. The fourth-order valence-electron chi connectivity index (χ4n) is 3.17. The molecule has 0 saturated heterocycles. The van der Waals surface area contributed by atoms with E-state index in [1.807, 2.05) is 31.2 Å². The lowest BCUT2D eigenvalue weighted by atomic mass is 10.1. The highest BCUT2D eigenvalue weighted by atomic mass is 32.1. The zero-order valence-corrected chi connectivity index (χ0v) is 19.4. The SMILES string of the molecule is CCCCCCOc1ccc(/C=C(\C#N)C(=O)Nc2nc3ccc(C)cc3s2)cc1OC. The first-order valence-electron chi connectivity index (χ1n) is 10.6. The molecule has 0 bridgehead atoms. The van der Waals surface area contributed by atoms with Crippen molar-refractivity contribution < 1.29 is 14.3 Å². The Bertz CT molecular complexity index is 1160. The third kappa shape index (κ3) is 6.08. The van der Waals surface area contributed by atoms with Crippen LogP contribution in [0.25, 0.3) is 16.3 Å². The highest BCUT2D eigenvalue weighted by Crippen LogP contribution is 2.30. The first-order valence-corrected chi connectivity index (χ1v) is 11.5. The summed E-state index contributed by atoms with van der Waals surface area (Å²) < 4.78 is 12.2. The summed E-state index contributed by atoms with van der Waals surface area (Å²) in [5, 5.41) is 12.7. The van der Waals surface area contributed by atoms with E-state index in [2.05, 4.69) is 17.2 Å². The van der Waals surface area contributed by atoms with E-state index in [4.69, 9.17) is 9.47 Å². The van der Waals surface area contributed by atoms with Gasteiger partial charge >= 0.3 is 0 Å². The van der Waals surface area contributed by atoms with Gasteiger partial charge in [0, 0.05) is 0 Å². The monoisotopic (exact) mass is 449 g/mol. The Morgan fingerprint density at radius 2 is 2.03 bits per heavy atom. The minimum absolute atomic E-state index is 0.0178. The van der Waals surface area contributed by atoms with Crippen LogP contribution in [0.4, 0.5) is 5.13 Å². The van der Waals surface area contributed by atoms with Crippen molar-refractivity contribution in [3.05, 3.63) is 53.1 Å². The fourth-order valence-corrected chi connectivity index (χ4v) is 4.13. The van der Waals surface area contributed by atoms with Gasteiger partial charge in [-0.3, -0.25) is 10.1 Å². The fraction of sp³-hybridized carbons (Fsp3) is 0.320. The molecule has 0 atom stereocenters. The zero-order chi connectivity index (χ0) is 22.9. The molecular formula is C25H27N3O3S. The number of fused-ring (bicyclic) bond motifs is 1. The molecule has 0 aliphatic carbocycles. The van der Waals surface area contributed by atoms with Crippen LogP contribution in [0.2, 0.25) is 0 Å². The van der Waals surface area contributed by atoms with Crippen molar-refractivity contribution in [1.82, 2.24) is 4.98 Å². The van der Waals surface area contributed by atoms with E-state index in [0.29, 0.717) is 28.8 Å². The smallest absolute Gasteiger partial charge is 0.268 e. The molecule has 1 amide bonds. The van der Waals surface area contributed by atoms with Gasteiger partial charge in [-0.15, -0.1) is 0 Å². The second kappa shape index (κ2) is 11.3. The molecule has 0 unspecified atom stereocenters. The van der Waals surface area contributed by atoms with E-state index in [0.717, 1.165) is 28.6 Å². The van der Waals surface area contributed by atoms with Gasteiger partial charge in [0.05, 0.1) is 23.9 Å². The summed E-state index contributed by atoms with van der Waals surface area (Å²) >= 11 is 1.38. The number of aromatic nitrogens is 1.